The van der Waals surface area contributed by atoms with Crippen molar-refractivity contribution in [2.75, 3.05) is 13.7 Å². The Morgan fingerprint density at radius 1 is 1.39 bits per heavy atom. The lowest BCUT2D eigenvalue weighted by molar-refractivity contribution is 0.204. The van der Waals surface area contributed by atoms with Crippen molar-refractivity contribution in [2.24, 2.45) is 0 Å². The normalized spacial score (nSPS) is 18.7. The summed E-state index contributed by atoms with van der Waals surface area (Å²) in [4.78, 5) is 2.45. The van der Waals surface area contributed by atoms with Crippen molar-refractivity contribution in [2.45, 2.75) is 45.2 Å². The minimum Gasteiger partial charge on any atom is -0.496 e. The standard InChI is InChI=1S/C18H23BrN2O2/c1-12(2)15-10-18(23-20-15)16-5-4-8-21(16)11-13-9-14(19)6-7-17(13)22-3/h6-7,9-10,12,16H,4-5,8,11H2,1-3H3/t16-/m0/s1. The summed E-state index contributed by atoms with van der Waals surface area (Å²) < 4.78 is 12.2. The van der Waals surface area contributed by atoms with Crippen molar-refractivity contribution >= 4 is 15.9 Å². The van der Waals surface area contributed by atoms with Gasteiger partial charge in [0.1, 0.15) is 5.75 Å². The number of ether oxygens (including phenoxy) is 1. The van der Waals surface area contributed by atoms with E-state index in [9.17, 15) is 0 Å². The van der Waals surface area contributed by atoms with Crippen LogP contribution >= 0.6 is 15.9 Å². The highest BCUT2D eigenvalue weighted by atomic mass is 79.9. The van der Waals surface area contributed by atoms with Crippen LogP contribution in [0, 0.1) is 0 Å². The highest BCUT2D eigenvalue weighted by Gasteiger charge is 2.30. The molecule has 0 saturated carbocycles. The zero-order valence-electron chi connectivity index (χ0n) is 13.9. The molecule has 1 atom stereocenters. The number of likely N-dealkylation sites (tertiary alicyclic amines) is 1. The van der Waals surface area contributed by atoms with E-state index in [1.54, 1.807) is 7.11 Å². The molecule has 0 spiro atoms. The minimum atomic E-state index is 0.304. The summed E-state index contributed by atoms with van der Waals surface area (Å²) in [5.41, 5.74) is 2.23. The van der Waals surface area contributed by atoms with E-state index in [-0.39, 0.29) is 0 Å². The Labute approximate surface area is 145 Å². The topological polar surface area (TPSA) is 38.5 Å². The lowest BCUT2D eigenvalue weighted by Crippen LogP contribution is -2.22. The molecule has 1 aromatic heterocycles. The average molecular weight is 379 g/mol. The van der Waals surface area contributed by atoms with Gasteiger partial charge in [0.15, 0.2) is 5.76 Å². The summed E-state index contributed by atoms with van der Waals surface area (Å²) in [7, 11) is 1.72. The van der Waals surface area contributed by atoms with Crippen LogP contribution in [-0.4, -0.2) is 23.7 Å². The maximum absolute atomic E-state index is 5.63. The fraction of sp³-hybridized carbons (Fsp3) is 0.500. The third kappa shape index (κ3) is 3.61. The second-order valence-corrected chi connectivity index (χ2v) is 7.31. The molecular weight excluding hydrogens is 356 g/mol. The van der Waals surface area contributed by atoms with E-state index in [1.165, 1.54) is 12.0 Å². The van der Waals surface area contributed by atoms with E-state index in [2.05, 4.69) is 52.0 Å². The van der Waals surface area contributed by atoms with Crippen molar-refractivity contribution in [1.82, 2.24) is 10.1 Å². The van der Waals surface area contributed by atoms with Gasteiger partial charge in [-0.3, -0.25) is 4.90 Å². The molecule has 1 aliphatic heterocycles. The molecule has 2 heterocycles. The van der Waals surface area contributed by atoms with Crippen molar-refractivity contribution in [3.63, 3.8) is 0 Å². The molecule has 0 radical (unpaired) electrons. The van der Waals surface area contributed by atoms with Crippen LogP contribution in [0.25, 0.3) is 0 Å². The van der Waals surface area contributed by atoms with Gasteiger partial charge in [0.25, 0.3) is 0 Å². The van der Waals surface area contributed by atoms with Gasteiger partial charge in [-0.1, -0.05) is 34.9 Å². The largest absolute Gasteiger partial charge is 0.496 e. The summed E-state index contributed by atoms with van der Waals surface area (Å²) in [6, 6.07) is 8.57. The molecule has 5 heteroatoms. The van der Waals surface area contributed by atoms with Gasteiger partial charge in [-0.05, 0) is 43.5 Å². The molecule has 124 valence electrons. The second-order valence-electron chi connectivity index (χ2n) is 6.39. The first-order valence-electron chi connectivity index (χ1n) is 8.11. The first-order chi connectivity index (χ1) is 11.1. The van der Waals surface area contributed by atoms with E-state index in [1.807, 2.05) is 12.1 Å². The van der Waals surface area contributed by atoms with Crippen molar-refractivity contribution in [3.8, 4) is 5.75 Å². The SMILES string of the molecule is COc1ccc(Br)cc1CN1CCC[C@H]1c1cc(C(C)C)no1. The minimum absolute atomic E-state index is 0.304. The fourth-order valence-electron chi connectivity index (χ4n) is 3.16. The molecule has 0 unspecified atom stereocenters. The Bertz CT molecular complexity index is 669. The third-order valence-electron chi connectivity index (χ3n) is 4.45. The molecule has 1 aliphatic rings. The monoisotopic (exact) mass is 378 g/mol. The Morgan fingerprint density at radius 3 is 2.91 bits per heavy atom. The summed E-state index contributed by atoms with van der Waals surface area (Å²) >= 11 is 3.55. The van der Waals surface area contributed by atoms with Crippen LogP contribution in [0.2, 0.25) is 0 Å². The average Bonchev–Trinajstić information content (AvgIpc) is 3.16. The lowest BCUT2D eigenvalue weighted by atomic mass is 10.1. The van der Waals surface area contributed by atoms with Crippen LogP contribution in [0.15, 0.2) is 33.3 Å². The van der Waals surface area contributed by atoms with E-state index < -0.39 is 0 Å². The Balaban J connectivity index is 1.80. The zero-order chi connectivity index (χ0) is 16.4. The summed E-state index contributed by atoms with van der Waals surface area (Å²) in [6.45, 7) is 6.20. The molecule has 0 amide bonds. The summed E-state index contributed by atoms with van der Waals surface area (Å²) in [5.74, 6) is 2.31. The van der Waals surface area contributed by atoms with Gasteiger partial charge < -0.3 is 9.26 Å². The highest BCUT2D eigenvalue weighted by Crippen LogP contribution is 2.36. The van der Waals surface area contributed by atoms with Crippen molar-refractivity contribution in [1.29, 1.82) is 0 Å². The van der Waals surface area contributed by atoms with Crippen LogP contribution in [0.3, 0.4) is 0 Å². The molecule has 4 nitrogen and oxygen atoms in total. The number of halogens is 1. The molecular formula is C18H23BrN2O2. The number of hydrogen-bond acceptors (Lipinski definition) is 4. The maximum Gasteiger partial charge on any atom is 0.154 e. The van der Waals surface area contributed by atoms with Crippen molar-refractivity contribution < 1.29 is 9.26 Å². The van der Waals surface area contributed by atoms with Gasteiger partial charge in [0.2, 0.25) is 0 Å². The Morgan fingerprint density at radius 2 is 2.22 bits per heavy atom. The number of aromatic nitrogens is 1. The van der Waals surface area contributed by atoms with Gasteiger partial charge >= 0.3 is 0 Å². The van der Waals surface area contributed by atoms with Gasteiger partial charge in [-0.2, -0.15) is 0 Å². The molecule has 0 bridgehead atoms. The predicted molar refractivity (Wildman–Crippen MR) is 93.7 cm³/mol. The highest BCUT2D eigenvalue weighted by molar-refractivity contribution is 9.10. The second kappa shape index (κ2) is 7.05. The quantitative estimate of drug-likeness (QED) is 0.740. The first kappa shape index (κ1) is 16.5. The van der Waals surface area contributed by atoms with E-state index in [0.717, 1.165) is 41.2 Å². The molecule has 0 aliphatic carbocycles. The van der Waals surface area contributed by atoms with Gasteiger partial charge in [0.05, 0.1) is 18.8 Å². The van der Waals surface area contributed by atoms with E-state index in [4.69, 9.17) is 9.26 Å². The zero-order valence-corrected chi connectivity index (χ0v) is 15.5. The summed E-state index contributed by atoms with van der Waals surface area (Å²) in [5, 5.41) is 4.22. The number of methoxy groups -OCH3 is 1. The Hall–Kier alpha value is -1.33. The molecule has 3 rings (SSSR count). The predicted octanol–water partition coefficient (Wildman–Crippen LogP) is 4.91. The smallest absolute Gasteiger partial charge is 0.154 e. The van der Waals surface area contributed by atoms with E-state index in [0.29, 0.717) is 12.0 Å². The van der Waals surface area contributed by atoms with Crippen LogP contribution < -0.4 is 4.74 Å². The van der Waals surface area contributed by atoms with Crippen LogP contribution in [0.5, 0.6) is 5.75 Å². The maximum atomic E-state index is 5.63. The molecule has 1 saturated heterocycles. The number of nitrogens with zero attached hydrogens (tertiary/aromatic N) is 2. The first-order valence-corrected chi connectivity index (χ1v) is 8.90. The third-order valence-corrected chi connectivity index (χ3v) is 4.94. The van der Waals surface area contributed by atoms with Gasteiger partial charge in [-0.25, -0.2) is 0 Å². The van der Waals surface area contributed by atoms with Crippen LogP contribution in [0.1, 0.15) is 55.7 Å². The molecule has 2 aromatic rings. The Kier molecular flexibility index (Phi) is 5.07. The molecule has 1 aromatic carbocycles. The molecule has 1 fully saturated rings. The van der Waals surface area contributed by atoms with Gasteiger partial charge in [-0.15, -0.1) is 0 Å². The summed E-state index contributed by atoms with van der Waals surface area (Å²) in [6.07, 6.45) is 2.29. The molecule has 0 N–H and O–H groups in total. The molecule has 23 heavy (non-hydrogen) atoms. The van der Waals surface area contributed by atoms with Crippen LogP contribution in [-0.2, 0) is 6.54 Å². The fourth-order valence-corrected chi connectivity index (χ4v) is 3.57. The van der Waals surface area contributed by atoms with Gasteiger partial charge in [0, 0.05) is 22.6 Å². The number of rotatable bonds is 5. The van der Waals surface area contributed by atoms with Crippen LogP contribution in [0.4, 0.5) is 0 Å². The number of benzene rings is 1. The lowest BCUT2D eigenvalue weighted by Gasteiger charge is -2.23. The number of hydrogen-bond donors (Lipinski definition) is 0. The van der Waals surface area contributed by atoms with Crippen molar-refractivity contribution in [3.05, 3.63) is 45.8 Å². The van der Waals surface area contributed by atoms with E-state index >= 15 is 0 Å².